The Hall–Kier alpha value is -2.28. The summed E-state index contributed by atoms with van der Waals surface area (Å²) < 4.78 is 12.0. The van der Waals surface area contributed by atoms with Gasteiger partial charge in [-0.25, -0.2) is 0 Å². The van der Waals surface area contributed by atoms with E-state index in [1.807, 2.05) is 32.9 Å². The Morgan fingerprint density at radius 1 is 1.46 bits per heavy atom. The number of carbonyl (C=O) groups is 1. The van der Waals surface area contributed by atoms with Crippen LogP contribution >= 0.6 is 0 Å². The number of nitrogens with two attached hydrogens (primary N) is 1. The van der Waals surface area contributed by atoms with E-state index in [4.69, 9.17) is 15.2 Å². The van der Waals surface area contributed by atoms with Crippen molar-refractivity contribution in [3.63, 3.8) is 0 Å². The number of aromatic amines is 1. The van der Waals surface area contributed by atoms with Gasteiger partial charge in [-0.05, 0) is 25.5 Å². The standard InChI is InChI=1S/C17H24N4O3/c1-9(2)17(22)20-12(6-10(3)18)14-8-23-13-5-4-11-7-19-21-15(11)16(13)24-14/h4-5,7,9-10,12,14H,6,8,18H2,1-3H3,(H,19,21)(H,20,22)/t10?,12-,14?/m0/s1. The predicted octanol–water partition coefficient (Wildman–Crippen LogP) is 1.58. The van der Waals surface area contributed by atoms with Gasteiger partial charge in [-0.3, -0.25) is 9.89 Å². The van der Waals surface area contributed by atoms with Crippen molar-refractivity contribution in [2.24, 2.45) is 11.7 Å². The highest BCUT2D eigenvalue weighted by molar-refractivity contribution is 5.87. The van der Waals surface area contributed by atoms with Crippen LogP contribution in [0.25, 0.3) is 10.9 Å². The second-order valence-electron chi connectivity index (χ2n) is 6.68. The monoisotopic (exact) mass is 332 g/mol. The molecule has 0 radical (unpaired) electrons. The maximum absolute atomic E-state index is 12.1. The molecule has 1 aromatic heterocycles. The molecule has 0 fully saturated rings. The smallest absolute Gasteiger partial charge is 0.222 e. The molecule has 3 rings (SSSR count). The summed E-state index contributed by atoms with van der Waals surface area (Å²) in [5, 5.41) is 11.0. The lowest BCUT2D eigenvalue weighted by molar-refractivity contribution is -0.125. The van der Waals surface area contributed by atoms with Crippen LogP contribution in [0.15, 0.2) is 18.3 Å². The van der Waals surface area contributed by atoms with Crippen molar-refractivity contribution in [1.82, 2.24) is 15.5 Å². The average Bonchev–Trinajstić information content (AvgIpc) is 3.02. The Bertz CT molecular complexity index is 726. The lowest BCUT2D eigenvalue weighted by atomic mass is 10.0. The Balaban J connectivity index is 1.84. The van der Waals surface area contributed by atoms with Crippen LogP contribution in [0.2, 0.25) is 0 Å². The van der Waals surface area contributed by atoms with E-state index in [0.29, 0.717) is 24.5 Å². The Morgan fingerprint density at radius 2 is 2.25 bits per heavy atom. The first-order chi connectivity index (χ1) is 11.5. The van der Waals surface area contributed by atoms with Crippen molar-refractivity contribution in [1.29, 1.82) is 0 Å². The second-order valence-corrected chi connectivity index (χ2v) is 6.68. The summed E-state index contributed by atoms with van der Waals surface area (Å²) in [6, 6.07) is 3.53. The molecule has 0 spiro atoms. The molecule has 2 heterocycles. The molecule has 0 bridgehead atoms. The molecule has 0 aliphatic carbocycles. The average molecular weight is 332 g/mol. The molecule has 1 amide bonds. The third-order valence-electron chi connectivity index (χ3n) is 4.13. The van der Waals surface area contributed by atoms with Crippen molar-refractivity contribution in [3.8, 4) is 11.5 Å². The molecule has 2 aromatic rings. The molecule has 1 aliphatic rings. The number of carbonyl (C=O) groups excluding carboxylic acids is 1. The molecule has 3 atom stereocenters. The zero-order valence-corrected chi connectivity index (χ0v) is 14.2. The van der Waals surface area contributed by atoms with E-state index in [9.17, 15) is 4.79 Å². The minimum absolute atomic E-state index is 0.0187. The number of nitrogens with one attached hydrogen (secondary N) is 2. The van der Waals surface area contributed by atoms with Gasteiger partial charge in [0.05, 0.1) is 12.2 Å². The molecule has 130 valence electrons. The number of hydrogen-bond acceptors (Lipinski definition) is 5. The first kappa shape index (κ1) is 16.6. The SMILES string of the molecule is CC(N)C[C@H](NC(=O)C(C)C)C1COc2ccc3cn[nH]c3c2O1. The van der Waals surface area contributed by atoms with Gasteiger partial charge in [0.15, 0.2) is 17.6 Å². The highest BCUT2D eigenvalue weighted by Crippen LogP contribution is 2.38. The predicted molar refractivity (Wildman–Crippen MR) is 91.0 cm³/mol. The second kappa shape index (κ2) is 6.68. The fourth-order valence-corrected chi connectivity index (χ4v) is 2.81. The van der Waals surface area contributed by atoms with Crippen LogP contribution in [0.1, 0.15) is 27.2 Å². The van der Waals surface area contributed by atoms with Gasteiger partial charge in [0.2, 0.25) is 5.91 Å². The minimum atomic E-state index is -0.305. The van der Waals surface area contributed by atoms with E-state index in [1.54, 1.807) is 6.20 Å². The first-order valence-electron chi connectivity index (χ1n) is 8.27. The maximum atomic E-state index is 12.1. The van der Waals surface area contributed by atoms with Gasteiger partial charge in [0.1, 0.15) is 12.1 Å². The summed E-state index contributed by atoms with van der Waals surface area (Å²) in [7, 11) is 0. The molecular weight excluding hydrogens is 308 g/mol. The Labute approximate surface area is 140 Å². The van der Waals surface area contributed by atoms with E-state index >= 15 is 0 Å². The van der Waals surface area contributed by atoms with Crippen LogP contribution in [0, 0.1) is 5.92 Å². The topological polar surface area (TPSA) is 102 Å². The van der Waals surface area contributed by atoms with Crippen molar-refractivity contribution in [3.05, 3.63) is 18.3 Å². The lowest BCUT2D eigenvalue weighted by Crippen LogP contribution is -2.52. The van der Waals surface area contributed by atoms with Gasteiger partial charge in [-0.2, -0.15) is 5.10 Å². The van der Waals surface area contributed by atoms with Crippen LogP contribution in [-0.4, -0.2) is 40.9 Å². The number of rotatable bonds is 5. The molecule has 7 heteroatoms. The van der Waals surface area contributed by atoms with Crippen LogP contribution in [0.5, 0.6) is 11.5 Å². The summed E-state index contributed by atoms with van der Waals surface area (Å²) in [5.74, 6) is 1.19. The number of fused-ring (bicyclic) bond motifs is 3. The quantitative estimate of drug-likeness (QED) is 0.771. The van der Waals surface area contributed by atoms with Crippen molar-refractivity contribution >= 4 is 16.8 Å². The number of ether oxygens (including phenoxy) is 2. The number of benzene rings is 1. The van der Waals surface area contributed by atoms with E-state index < -0.39 is 0 Å². The molecule has 2 unspecified atom stereocenters. The Kier molecular flexibility index (Phi) is 4.62. The first-order valence-corrected chi connectivity index (χ1v) is 8.27. The van der Waals surface area contributed by atoms with Gasteiger partial charge in [0, 0.05) is 17.3 Å². The molecule has 0 saturated carbocycles. The third-order valence-corrected chi connectivity index (χ3v) is 4.13. The summed E-state index contributed by atoms with van der Waals surface area (Å²) in [4.78, 5) is 12.1. The third kappa shape index (κ3) is 3.31. The van der Waals surface area contributed by atoms with Crippen LogP contribution in [-0.2, 0) is 4.79 Å². The van der Waals surface area contributed by atoms with Crippen molar-refractivity contribution in [2.75, 3.05) is 6.61 Å². The fourth-order valence-electron chi connectivity index (χ4n) is 2.81. The molecular formula is C17H24N4O3. The largest absolute Gasteiger partial charge is 0.486 e. The van der Waals surface area contributed by atoms with E-state index in [-0.39, 0.29) is 30.0 Å². The van der Waals surface area contributed by atoms with Crippen LogP contribution in [0.4, 0.5) is 0 Å². The van der Waals surface area contributed by atoms with Gasteiger partial charge in [-0.1, -0.05) is 13.8 Å². The molecule has 1 aromatic carbocycles. The van der Waals surface area contributed by atoms with E-state index in [1.165, 1.54) is 0 Å². The number of nitrogens with zero attached hydrogens (tertiary/aromatic N) is 1. The van der Waals surface area contributed by atoms with Gasteiger partial charge in [-0.15, -0.1) is 0 Å². The van der Waals surface area contributed by atoms with Crippen molar-refractivity contribution < 1.29 is 14.3 Å². The molecule has 0 saturated heterocycles. The molecule has 1 aliphatic heterocycles. The zero-order chi connectivity index (χ0) is 17.3. The van der Waals surface area contributed by atoms with Gasteiger partial charge >= 0.3 is 0 Å². The summed E-state index contributed by atoms with van der Waals surface area (Å²) in [6.07, 6.45) is 2.05. The molecule has 4 N–H and O–H groups in total. The van der Waals surface area contributed by atoms with Gasteiger partial charge < -0.3 is 20.5 Å². The van der Waals surface area contributed by atoms with Gasteiger partial charge in [0.25, 0.3) is 0 Å². The highest BCUT2D eigenvalue weighted by Gasteiger charge is 2.32. The zero-order valence-electron chi connectivity index (χ0n) is 14.2. The number of aromatic nitrogens is 2. The van der Waals surface area contributed by atoms with E-state index in [0.717, 1.165) is 10.9 Å². The fraction of sp³-hybridized carbons (Fsp3) is 0.529. The number of amides is 1. The summed E-state index contributed by atoms with van der Waals surface area (Å²) in [6.45, 7) is 6.00. The van der Waals surface area contributed by atoms with E-state index in [2.05, 4.69) is 15.5 Å². The summed E-state index contributed by atoms with van der Waals surface area (Å²) >= 11 is 0. The minimum Gasteiger partial charge on any atom is -0.486 e. The van der Waals surface area contributed by atoms with Crippen LogP contribution in [0.3, 0.4) is 0 Å². The maximum Gasteiger partial charge on any atom is 0.222 e. The number of hydrogen-bond donors (Lipinski definition) is 3. The normalized spacial score (nSPS) is 19.3. The number of H-pyrrole nitrogens is 1. The summed E-state index contributed by atoms with van der Waals surface area (Å²) in [5.41, 5.74) is 6.75. The highest BCUT2D eigenvalue weighted by atomic mass is 16.6. The lowest BCUT2D eigenvalue weighted by Gasteiger charge is -2.34. The molecule has 7 nitrogen and oxygen atoms in total. The van der Waals surface area contributed by atoms with Crippen molar-refractivity contribution in [2.45, 2.75) is 45.4 Å². The Morgan fingerprint density at radius 3 is 2.96 bits per heavy atom. The molecule has 24 heavy (non-hydrogen) atoms. The van der Waals surface area contributed by atoms with Crippen LogP contribution < -0.4 is 20.5 Å².